The number of nitrogens with two attached hydrogens (primary N) is 1. The van der Waals surface area contributed by atoms with Gasteiger partial charge in [-0.25, -0.2) is 0 Å². The number of aromatic nitrogens is 5. The summed E-state index contributed by atoms with van der Waals surface area (Å²) < 4.78 is 1.53. The Bertz CT molecular complexity index is 485. The summed E-state index contributed by atoms with van der Waals surface area (Å²) in [6, 6.07) is 1.66. The summed E-state index contributed by atoms with van der Waals surface area (Å²) in [6.45, 7) is 0. The monoisotopic (exact) mass is 207 g/mol. The predicted molar refractivity (Wildman–Crippen MR) is 52.0 cm³/mol. The molecule has 0 aliphatic heterocycles. The van der Waals surface area contributed by atoms with Gasteiger partial charge in [-0.05, 0) is 0 Å². The average molecular weight is 207 g/mol. The van der Waals surface area contributed by atoms with Crippen LogP contribution in [-0.4, -0.2) is 30.9 Å². The molecule has 0 saturated heterocycles. The van der Waals surface area contributed by atoms with Crippen LogP contribution in [0.5, 0.6) is 0 Å². The van der Waals surface area contributed by atoms with E-state index in [2.05, 4.69) is 25.6 Å². The van der Waals surface area contributed by atoms with Gasteiger partial charge in [-0.3, -0.25) is 14.6 Å². The third-order valence-electron chi connectivity index (χ3n) is 1.78. The molecule has 2 rings (SSSR count). The lowest BCUT2D eigenvalue weighted by Gasteiger charge is -2.01. The van der Waals surface area contributed by atoms with Gasteiger partial charge in [-0.1, -0.05) is 0 Å². The first-order valence-electron chi connectivity index (χ1n) is 4.14. The van der Waals surface area contributed by atoms with Crippen LogP contribution in [0.15, 0.2) is 12.3 Å². The second-order valence-electron chi connectivity index (χ2n) is 2.84. The summed E-state index contributed by atoms with van der Waals surface area (Å²) in [7, 11) is 1.71. The Balaban J connectivity index is 2.14. The molecule has 0 atom stereocenters. The molecule has 2 aromatic heterocycles. The molecule has 78 valence electrons. The predicted octanol–water partition coefficient (Wildman–Crippen LogP) is -0.627. The molecule has 0 saturated carbocycles. The standard InChI is InChI=1S/C7H9N7O/c1-14-4(2-3-9-14)10-6(15)5-11-7(8)13-12-5/h2-3H,1H3,(H,10,15)(H3,8,11,12,13). The first-order chi connectivity index (χ1) is 7.16. The fraction of sp³-hybridized carbons (Fsp3) is 0.143. The molecule has 0 bridgehead atoms. The minimum absolute atomic E-state index is 0.0326. The average Bonchev–Trinajstić information content (AvgIpc) is 2.77. The van der Waals surface area contributed by atoms with E-state index in [4.69, 9.17) is 5.73 Å². The molecule has 0 aromatic carbocycles. The number of aryl methyl sites for hydroxylation is 1. The van der Waals surface area contributed by atoms with Crippen molar-refractivity contribution in [2.75, 3.05) is 11.1 Å². The molecule has 8 heteroatoms. The SMILES string of the molecule is Cn1nccc1NC(=O)c1nc(N)n[nH]1. The smallest absolute Gasteiger partial charge is 0.294 e. The molecule has 0 radical (unpaired) electrons. The third-order valence-corrected chi connectivity index (χ3v) is 1.78. The summed E-state index contributed by atoms with van der Waals surface area (Å²) in [6.07, 6.45) is 1.57. The maximum Gasteiger partial charge on any atom is 0.294 e. The number of aromatic amines is 1. The second-order valence-corrected chi connectivity index (χ2v) is 2.84. The number of hydrogen-bond acceptors (Lipinski definition) is 5. The van der Waals surface area contributed by atoms with E-state index < -0.39 is 5.91 Å². The van der Waals surface area contributed by atoms with Crippen LogP contribution in [0.4, 0.5) is 11.8 Å². The topological polar surface area (TPSA) is 115 Å². The summed E-state index contributed by atoms with van der Waals surface area (Å²) in [5.41, 5.74) is 5.27. The van der Waals surface area contributed by atoms with E-state index in [0.29, 0.717) is 5.82 Å². The Morgan fingerprint density at radius 3 is 3.00 bits per heavy atom. The number of amides is 1. The van der Waals surface area contributed by atoms with Crippen LogP contribution in [0.3, 0.4) is 0 Å². The van der Waals surface area contributed by atoms with Crippen LogP contribution in [-0.2, 0) is 7.05 Å². The number of nitrogens with one attached hydrogen (secondary N) is 2. The number of nitrogens with zero attached hydrogens (tertiary/aromatic N) is 4. The molecule has 15 heavy (non-hydrogen) atoms. The van der Waals surface area contributed by atoms with E-state index in [-0.39, 0.29) is 11.8 Å². The number of carbonyl (C=O) groups excluding carboxylic acids is 1. The van der Waals surface area contributed by atoms with E-state index in [9.17, 15) is 4.79 Å². The van der Waals surface area contributed by atoms with Gasteiger partial charge in [0.2, 0.25) is 11.8 Å². The maximum atomic E-state index is 11.5. The van der Waals surface area contributed by atoms with Crippen molar-refractivity contribution in [3.63, 3.8) is 0 Å². The van der Waals surface area contributed by atoms with E-state index >= 15 is 0 Å². The maximum absolute atomic E-state index is 11.5. The summed E-state index contributed by atoms with van der Waals surface area (Å²) in [5.74, 6) is 0.247. The molecule has 8 nitrogen and oxygen atoms in total. The number of hydrogen-bond donors (Lipinski definition) is 3. The molecule has 1 amide bonds. The largest absolute Gasteiger partial charge is 0.366 e. The zero-order valence-electron chi connectivity index (χ0n) is 7.93. The van der Waals surface area contributed by atoms with Crippen LogP contribution in [0.1, 0.15) is 10.6 Å². The Hall–Kier alpha value is -2.38. The minimum atomic E-state index is -0.414. The normalized spacial score (nSPS) is 10.2. The zero-order chi connectivity index (χ0) is 10.8. The quantitative estimate of drug-likeness (QED) is 0.606. The minimum Gasteiger partial charge on any atom is -0.366 e. The molecule has 2 heterocycles. The van der Waals surface area contributed by atoms with Gasteiger partial charge in [0.25, 0.3) is 5.91 Å². The van der Waals surface area contributed by atoms with Gasteiger partial charge in [0, 0.05) is 13.1 Å². The van der Waals surface area contributed by atoms with Gasteiger partial charge < -0.3 is 11.1 Å². The fourth-order valence-electron chi connectivity index (χ4n) is 1.05. The van der Waals surface area contributed by atoms with Crippen molar-refractivity contribution in [1.82, 2.24) is 25.0 Å². The van der Waals surface area contributed by atoms with Gasteiger partial charge in [-0.2, -0.15) is 10.1 Å². The van der Waals surface area contributed by atoms with Crippen molar-refractivity contribution in [2.45, 2.75) is 0 Å². The Morgan fingerprint density at radius 1 is 1.67 bits per heavy atom. The third kappa shape index (κ3) is 1.77. The molecule has 2 aromatic rings. The zero-order valence-corrected chi connectivity index (χ0v) is 7.93. The summed E-state index contributed by atoms with van der Waals surface area (Å²) >= 11 is 0. The lowest BCUT2D eigenvalue weighted by molar-refractivity contribution is 0.101. The lowest BCUT2D eigenvalue weighted by Crippen LogP contribution is -2.16. The first kappa shape index (κ1) is 9.19. The molecular formula is C7H9N7O. The highest BCUT2D eigenvalue weighted by Gasteiger charge is 2.11. The van der Waals surface area contributed by atoms with E-state index in [1.165, 1.54) is 4.68 Å². The Morgan fingerprint density at radius 2 is 2.47 bits per heavy atom. The van der Waals surface area contributed by atoms with Crippen molar-refractivity contribution < 1.29 is 4.79 Å². The molecule has 4 N–H and O–H groups in total. The van der Waals surface area contributed by atoms with Crippen molar-refractivity contribution in [2.24, 2.45) is 7.05 Å². The number of H-pyrrole nitrogens is 1. The lowest BCUT2D eigenvalue weighted by atomic mass is 10.5. The second kappa shape index (κ2) is 3.40. The van der Waals surface area contributed by atoms with Crippen molar-refractivity contribution in [3.8, 4) is 0 Å². The van der Waals surface area contributed by atoms with Crippen LogP contribution in [0.25, 0.3) is 0 Å². The van der Waals surface area contributed by atoms with Gasteiger partial charge >= 0.3 is 0 Å². The highest BCUT2D eigenvalue weighted by molar-refractivity contribution is 6.01. The van der Waals surface area contributed by atoms with Crippen LogP contribution in [0, 0.1) is 0 Å². The highest BCUT2D eigenvalue weighted by atomic mass is 16.2. The molecule has 0 aliphatic rings. The summed E-state index contributed by atoms with van der Waals surface area (Å²) in [5, 5.41) is 12.4. The van der Waals surface area contributed by atoms with Gasteiger partial charge in [-0.15, -0.1) is 5.10 Å². The Labute approximate surface area is 84.5 Å². The van der Waals surface area contributed by atoms with Crippen molar-refractivity contribution in [3.05, 3.63) is 18.1 Å². The van der Waals surface area contributed by atoms with E-state index in [1.54, 1.807) is 19.3 Å². The van der Waals surface area contributed by atoms with Crippen LogP contribution < -0.4 is 11.1 Å². The summed E-state index contributed by atoms with van der Waals surface area (Å²) in [4.78, 5) is 15.2. The molecule has 0 spiro atoms. The number of carbonyl (C=O) groups is 1. The molecule has 0 aliphatic carbocycles. The molecule has 0 unspecified atom stereocenters. The molecular weight excluding hydrogens is 198 g/mol. The fourth-order valence-corrected chi connectivity index (χ4v) is 1.05. The van der Waals surface area contributed by atoms with Gasteiger partial charge in [0.1, 0.15) is 5.82 Å². The highest BCUT2D eigenvalue weighted by Crippen LogP contribution is 2.05. The Kier molecular flexibility index (Phi) is 2.08. The van der Waals surface area contributed by atoms with Crippen LogP contribution in [0.2, 0.25) is 0 Å². The van der Waals surface area contributed by atoms with Crippen molar-refractivity contribution in [1.29, 1.82) is 0 Å². The van der Waals surface area contributed by atoms with Gasteiger partial charge in [0.15, 0.2) is 0 Å². The van der Waals surface area contributed by atoms with Crippen LogP contribution >= 0.6 is 0 Å². The molecule has 0 fully saturated rings. The van der Waals surface area contributed by atoms with Gasteiger partial charge in [0.05, 0.1) is 6.20 Å². The van der Waals surface area contributed by atoms with Crippen molar-refractivity contribution >= 4 is 17.7 Å². The number of rotatable bonds is 2. The number of anilines is 2. The first-order valence-corrected chi connectivity index (χ1v) is 4.14. The number of nitrogen functional groups attached to an aromatic ring is 1. The van der Waals surface area contributed by atoms with E-state index in [0.717, 1.165) is 0 Å². The van der Waals surface area contributed by atoms with E-state index in [1.807, 2.05) is 0 Å².